The van der Waals surface area contributed by atoms with Gasteiger partial charge >= 0.3 is 0 Å². The highest BCUT2D eigenvalue weighted by molar-refractivity contribution is 9.11. The van der Waals surface area contributed by atoms with Crippen molar-refractivity contribution in [3.63, 3.8) is 0 Å². The lowest BCUT2D eigenvalue weighted by molar-refractivity contribution is -0.0444. The van der Waals surface area contributed by atoms with Crippen LogP contribution >= 0.6 is 27.3 Å². The van der Waals surface area contributed by atoms with Gasteiger partial charge in [0.2, 0.25) is 0 Å². The molecule has 1 aromatic rings. The fourth-order valence-electron chi connectivity index (χ4n) is 5.19. The highest BCUT2D eigenvalue weighted by atomic mass is 79.9. The fourth-order valence-corrected chi connectivity index (χ4v) is 6.79. The molecule has 4 rings (SSSR count). The highest BCUT2D eigenvalue weighted by Gasteiger charge is 2.60. The predicted octanol–water partition coefficient (Wildman–Crippen LogP) is 4.24. The van der Waals surface area contributed by atoms with Crippen LogP contribution in [0.1, 0.15) is 37.0 Å². The summed E-state index contributed by atoms with van der Waals surface area (Å²) < 4.78 is 1.18. The lowest BCUT2D eigenvalue weighted by Crippen LogP contribution is -2.43. The zero-order chi connectivity index (χ0) is 12.3. The molecule has 1 N–H and O–H groups in total. The molecule has 3 fully saturated rings. The summed E-state index contributed by atoms with van der Waals surface area (Å²) in [5.41, 5.74) is -0.388. The SMILES string of the molecule is OC1(Cc2ccc(Br)s2)CC2CC1C1CCCC21. The molecule has 1 aromatic heterocycles. The molecule has 0 spiro atoms. The van der Waals surface area contributed by atoms with Gasteiger partial charge in [-0.05, 0) is 77.4 Å². The van der Waals surface area contributed by atoms with E-state index in [1.54, 1.807) is 11.3 Å². The van der Waals surface area contributed by atoms with Crippen LogP contribution in [0.25, 0.3) is 0 Å². The van der Waals surface area contributed by atoms with Gasteiger partial charge in [0.15, 0.2) is 0 Å². The number of halogens is 1. The van der Waals surface area contributed by atoms with E-state index in [2.05, 4.69) is 28.1 Å². The minimum atomic E-state index is -0.388. The van der Waals surface area contributed by atoms with E-state index in [0.717, 1.165) is 30.6 Å². The number of hydrogen-bond donors (Lipinski definition) is 1. The summed E-state index contributed by atoms with van der Waals surface area (Å²) in [5.74, 6) is 3.23. The molecule has 0 amide bonds. The van der Waals surface area contributed by atoms with Gasteiger partial charge in [0.1, 0.15) is 0 Å². The van der Waals surface area contributed by atoms with Crippen LogP contribution in [-0.4, -0.2) is 10.7 Å². The largest absolute Gasteiger partial charge is 0.389 e. The van der Waals surface area contributed by atoms with E-state index in [-0.39, 0.29) is 5.60 Å². The van der Waals surface area contributed by atoms with Crippen LogP contribution in [0, 0.1) is 23.7 Å². The standard InChI is InChI=1S/C15H19BrOS/c16-14-5-4-10(18-14)8-15(17)7-9-6-13(15)12-3-1-2-11(9)12/h4-5,9,11-13,17H,1-3,6-8H2. The minimum absolute atomic E-state index is 0.388. The average Bonchev–Trinajstić information content (AvgIpc) is 2.99. The van der Waals surface area contributed by atoms with Crippen molar-refractivity contribution in [1.82, 2.24) is 0 Å². The Bertz CT molecular complexity index is 471. The lowest BCUT2D eigenvalue weighted by Gasteiger charge is -2.38. The molecule has 1 nitrogen and oxygen atoms in total. The average molecular weight is 327 g/mol. The molecule has 3 aliphatic carbocycles. The molecule has 0 radical (unpaired) electrons. The van der Waals surface area contributed by atoms with E-state index in [4.69, 9.17) is 0 Å². The maximum atomic E-state index is 11.1. The molecule has 0 aliphatic heterocycles. The minimum Gasteiger partial charge on any atom is -0.389 e. The molecule has 5 unspecified atom stereocenters. The monoisotopic (exact) mass is 326 g/mol. The summed E-state index contributed by atoms with van der Waals surface area (Å²) in [6.45, 7) is 0. The third-order valence-electron chi connectivity index (χ3n) is 5.72. The molecular formula is C15H19BrOS. The molecule has 1 heterocycles. The Morgan fingerprint density at radius 3 is 2.94 bits per heavy atom. The van der Waals surface area contributed by atoms with Crippen LogP contribution in [0.2, 0.25) is 0 Å². The Labute approximate surface area is 121 Å². The number of aliphatic hydroxyl groups is 1. The van der Waals surface area contributed by atoms with Crippen LogP contribution in [0.3, 0.4) is 0 Å². The maximum Gasteiger partial charge on any atom is 0.0729 e. The van der Waals surface area contributed by atoms with E-state index < -0.39 is 0 Å². The zero-order valence-electron chi connectivity index (χ0n) is 10.4. The molecule has 3 heteroatoms. The first-order valence-corrected chi connectivity index (χ1v) is 8.73. The predicted molar refractivity (Wildman–Crippen MR) is 77.7 cm³/mol. The molecule has 3 aliphatic rings. The molecule has 3 saturated carbocycles. The molecular weight excluding hydrogens is 308 g/mol. The van der Waals surface area contributed by atoms with E-state index in [9.17, 15) is 5.11 Å². The fraction of sp³-hybridized carbons (Fsp3) is 0.733. The Morgan fingerprint density at radius 2 is 2.17 bits per heavy atom. The highest BCUT2D eigenvalue weighted by Crippen LogP contribution is 2.63. The summed E-state index contributed by atoms with van der Waals surface area (Å²) in [4.78, 5) is 1.34. The molecule has 98 valence electrons. The van der Waals surface area contributed by atoms with Gasteiger partial charge in [0, 0.05) is 11.3 Å². The lowest BCUT2D eigenvalue weighted by atomic mass is 9.71. The van der Waals surface area contributed by atoms with Gasteiger partial charge < -0.3 is 5.11 Å². The van der Waals surface area contributed by atoms with Crippen LogP contribution in [0.15, 0.2) is 15.9 Å². The van der Waals surface area contributed by atoms with Gasteiger partial charge in [-0.15, -0.1) is 11.3 Å². The first-order valence-electron chi connectivity index (χ1n) is 7.12. The third kappa shape index (κ3) is 1.66. The topological polar surface area (TPSA) is 20.2 Å². The van der Waals surface area contributed by atoms with Crippen molar-refractivity contribution in [2.75, 3.05) is 0 Å². The number of thiophene rings is 1. The summed E-state index contributed by atoms with van der Waals surface area (Å²) in [7, 11) is 0. The van der Waals surface area contributed by atoms with Crippen LogP contribution in [-0.2, 0) is 6.42 Å². The van der Waals surface area contributed by atoms with Gasteiger partial charge in [0.05, 0.1) is 9.39 Å². The number of hydrogen-bond acceptors (Lipinski definition) is 2. The van der Waals surface area contributed by atoms with E-state index in [0.29, 0.717) is 5.92 Å². The molecule has 2 bridgehead atoms. The van der Waals surface area contributed by atoms with Crippen molar-refractivity contribution < 1.29 is 5.11 Å². The van der Waals surface area contributed by atoms with E-state index in [1.807, 2.05) is 0 Å². The molecule has 0 aromatic carbocycles. The Kier molecular flexibility index (Phi) is 2.69. The molecule has 5 atom stereocenters. The second-order valence-electron chi connectivity index (χ2n) is 6.55. The molecule has 0 saturated heterocycles. The summed E-state index contributed by atoms with van der Waals surface area (Å²) >= 11 is 5.30. The van der Waals surface area contributed by atoms with E-state index >= 15 is 0 Å². The first kappa shape index (κ1) is 11.9. The molecule has 18 heavy (non-hydrogen) atoms. The van der Waals surface area contributed by atoms with Crippen molar-refractivity contribution in [3.05, 3.63) is 20.8 Å². The van der Waals surface area contributed by atoms with Crippen molar-refractivity contribution in [2.45, 2.75) is 44.1 Å². The normalized spacial score (nSPS) is 45.7. The quantitative estimate of drug-likeness (QED) is 0.861. The Hall–Kier alpha value is 0.140. The van der Waals surface area contributed by atoms with Crippen LogP contribution in [0.4, 0.5) is 0 Å². The van der Waals surface area contributed by atoms with Gasteiger partial charge in [-0.2, -0.15) is 0 Å². The number of rotatable bonds is 2. The van der Waals surface area contributed by atoms with Crippen molar-refractivity contribution in [1.29, 1.82) is 0 Å². The summed E-state index contributed by atoms with van der Waals surface area (Å²) in [5, 5.41) is 11.1. The first-order chi connectivity index (χ1) is 8.66. The van der Waals surface area contributed by atoms with Gasteiger partial charge in [-0.3, -0.25) is 0 Å². The second-order valence-corrected chi connectivity index (χ2v) is 9.10. The van der Waals surface area contributed by atoms with Crippen molar-refractivity contribution in [2.24, 2.45) is 23.7 Å². The van der Waals surface area contributed by atoms with Gasteiger partial charge in [-0.1, -0.05) is 6.42 Å². The van der Waals surface area contributed by atoms with Gasteiger partial charge in [-0.25, -0.2) is 0 Å². The summed E-state index contributed by atoms with van der Waals surface area (Å²) in [6, 6.07) is 4.28. The van der Waals surface area contributed by atoms with Gasteiger partial charge in [0.25, 0.3) is 0 Å². The maximum absolute atomic E-state index is 11.1. The van der Waals surface area contributed by atoms with Crippen LogP contribution in [0.5, 0.6) is 0 Å². The Balaban J connectivity index is 1.58. The third-order valence-corrected chi connectivity index (χ3v) is 7.34. The zero-order valence-corrected chi connectivity index (χ0v) is 12.8. The van der Waals surface area contributed by atoms with Crippen molar-refractivity contribution in [3.8, 4) is 0 Å². The van der Waals surface area contributed by atoms with Crippen molar-refractivity contribution >= 4 is 27.3 Å². The second kappa shape index (κ2) is 4.07. The van der Waals surface area contributed by atoms with Crippen LogP contribution < -0.4 is 0 Å². The van der Waals surface area contributed by atoms with E-state index in [1.165, 1.54) is 34.3 Å². The summed E-state index contributed by atoms with van der Waals surface area (Å²) in [6.07, 6.45) is 7.47. The smallest absolute Gasteiger partial charge is 0.0729 e. The number of fused-ring (bicyclic) bond motifs is 5. The Morgan fingerprint density at radius 1 is 1.33 bits per heavy atom.